The van der Waals surface area contributed by atoms with E-state index in [9.17, 15) is 8.78 Å². The van der Waals surface area contributed by atoms with E-state index >= 15 is 0 Å². The van der Waals surface area contributed by atoms with Crippen LogP contribution in [0.15, 0.2) is 16.6 Å². The van der Waals surface area contributed by atoms with Crippen LogP contribution in [0.5, 0.6) is 0 Å². The molecule has 0 heterocycles. The number of nitrogens with one attached hydrogen (secondary N) is 2. The largest absolute Gasteiger partial charge is 0.311 e. The van der Waals surface area contributed by atoms with Crippen molar-refractivity contribution in [3.63, 3.8) is 0 Å². The Morgan fingerprint density at radius 2 is 1.67 bits per heavy atom. The van der Waals surface area contributed by atoms with E-state index in [0.29, 0.717) is 11.0 Å². The van der Waals surface area contributed by atoms with Crippen molar-refractivity contribution in [1.29, 1.82) is 0 Å². The van der Waals surface area contributed by atoms with E-state index in [1.165, 1.54) is 12.1 Å². The third-order valence-corrected chi connectivity index (χ3v) is 2.82. The van der Waals surface area contributed by atoms with Gasteiger partial charge in [-0.3, -0.25) is 0 Å². The molecule has 0 saturated carbocycles. The number of rotatable bonds is 5. The zero-order valence-corrected chi connectivity index (χ0v) is 12.5. The van der Waals surface area contributed by atoms with Crippen molar-refractivity contribution in [2.45, 2.75) is 32.9 Å². The molecule has 0 aliphatic heterocycles. The first-order valence-electron chi connectivity index (χ1n) is 5.89. The van der Waals surface area contributed by atoms with Crippen LogP contribution in [0.4, 0.5) is 8.78 Å². The molecule has 0 amide bonds. The van der Waals surface area contributed by atoms with Crippen LogP contribution in [-0.2, 0) is 6.54 Å². The Bertz CT molecular complexity index is 379. The van der Waals surface area contributed by atoms with Crippen LogP contribution in [-0.4, -0.2) is 18.6 Å². The first-order valence-corrected chi connectivity index (χ1v) is 6.68. The molecule has 0 fully saturated rings. The summed E-state index contributed by atoms with van der Waals surface area (Å²) < 4.78 is 27.4. The van der Waals surface area contributed by atoms with Crippen LogP contribution < -0.4 is 10.6 Å². The Kier molecular flexibility index (Phi) is 5.69. The predicted octanol–water partition coefficient (Wildman–Crippen LogP) is 3.21. The lowest BCUT2D eigenvalue weighted by Gasteiger charge is -2.20. The van der Waals surface area contributed by atoms with Crippen molar-refractivity contribution in [1.82, 2.24) is 10.6 Å². The fourth-order valence-electron chi connectivity index (χ4n) is 1.48. The predicted molar refractivity (Wildman–Crippen MR) is 73.5 cm³/mol. The normalized spacial score (nSPS) is 11.9. The molecule has 0 radical (unpaired) electrons. The van der Waals surface area contributed by atoms with Crippen LogP contribution in [0, 0.1) is 11.6 Å². The van der Waals surface area contributed by atoms with Crippen molar-refractivity contribution in [3.05, 3.63) is 33.8 Å². The topological polar surface area (TPSA) is 24.1 Å². The smallest absolute Gasteiger partial charge is 0.131 e. The highest BCUT2D eigenvalue weighted by Gasteiger charge is 2.10. The molecular formula is C13H19BrF2N2. The summed E-state index contributed by atoms with van der Waals surface area (Å²) in [4.78, 5) is 0. The van der Waals surface area contributed by atoms with Gasteiger partial charge < -0.3 is 10.6 Å². The van der Waals surface area contributed by atoms with Gasteiger partial charge in [-0.2, -0.15) is 0 Å². The molecular weight excluding hydrogens is 302 g/mol. The summed E-state index contributed by atoms with van der Waals surface area (Å²) in [6.07, 6.45) is 0. The van der Waals surface area contributed by atoms with Crippen molar-refractivity contribution >= 4 is 15.9 Å². The SMILES string of the molecule is CC(C)(C)NCCNCc1c(F)cc(Br)cc1F. The summed E-state index contributed by atoms with van der Waals surface area (Å²) in [6, 6.07) is 2.54. The number of halogens is 3. The fourth-order valence-corrected chi connectivity index (χ4v) is 1.88. The zero-order chi connectivity index (χ0) is 13.8. The summed E-state index contributed by atoms with van der Waals surface area (Å²) in [7, 11) is 0. The van der Waals surface area contributed by atoms with Crippen molar-refractivity contribution in [3.8, 4) is 0 Å². The Hall–Kier alpha value is -0.520. The molecule has 5 heteroatoms. The molecule has 0 unspecified atom stereocenters. The fraction of sp³-hybridized carbons (Fsp3) is 0.538. The van der Waals surface area contributed by atoms with E-state index in [2.05, 4.69) is 47.3 Å². The van der Waals surface area contributed by atoms with Gasteiger partial charge in [-0.15, -0.1) is 0 Å². The molecule has 0 saturated heterocycles. The van der Waals surface area contributed by atoms with Crippen LogP contribution in [0.1, 0.15) is 26.3 Å². The van der Waals surface area contributed by atoms with Crippen LogP contribution in [0.2, 0.25) is 0 Å². The number of hydrogen-bond acceptors (Lipinski definition) is 2. The lowest BCUT2D eigenvalue weighted by atomic mass is 10.1. The van der Waals surface area contributed by atoms with Crippen LogP contribution in [0.3, 0.4) is 0 Å². The minimum absolute atomic E-state index is 0.0514. The maximum atomic E-state index is 13.5. The van der Waals surface area contributed by atoms with Gasteiger partial charge in [0.25, 0.3) is 0 Å². The van der Waals surface area contributed by atoms with Crippen molar-refractivity contribution in [2.24, 2.45) is 0 Å². The lowest BCUT2D eigenvalue weighted by Crippen LogP contribution is -2.40. The molecule has 1 aromatic rings. The van der Waals surface area contributed by atoms with Gasteiger partial charge >= 0.3 is 0 Å². The molecule has 0 aromatic heterocycles. The van der Waals surface area contributed by atoms with Gasteiger partial charge in [-0.05, 0) is 32.9 Å². The van der Waals surface area contributed by atoms with Gasteiger partial charge in [-0.1, -0.05) is 15.9 Å². The van der Waals surface area contributed by atoms with E-state index in [1.54, 1.807) is 0 Å². The second-order valence-electron chi connectivity index (χ2n) is 5.20. The van der Waals surface area contributed by atoms with Gasteiger partial charge in [0, 0.05) is 35.2 Å². The summed E-state index contributed by atoms with van der Waals surface area (Å²) in [5, 5.41) is 6.31. The van der Waals surface area contributed by atoms with E-state index in [1.807, 2.05) is 0 Å². The molecule has 1 aromatic carbocycles. The standard InChI is InChI=1S/C13H19BrF2N2/c1-13(2,3)18-5-4-17-8-10-11(15)6-9(14)7-12(10)16/h6-7,17-18H,4-5,8H2,1-3H3. The van der Waals surface area contributed by atoms with Crippen LogP contribution >= 0.6 is 15.9 Å². The first kappa shape index (κ1) is 15.5. The van der Waals surface area contributed by atoms with E-state index in [-0.39, 0.29) is 17.6 Å². The first-order chi connectivity index (χ1) is 8.29. The van der Waals surface area contributed by atoms with E-state index in [0.717, 1.165) is 6.54 Å². The summed E-state index contributed by atoms with van der Waals surface area (Å²) in [5.74, 6) is -1.06. The quantitative estimate of drug-likeness (QED) is 0.814. The molecule has 1 rings (SSSR count). The van der Waals surface area contributed by atoms with Gasteiger partial charge in [0.15, 0.2) is 0 Å². The van der Waals surface area contributed by atoms with E-state index < -0.39 is 11.6 Å². The Morgan fingerprint density at radius 1 is 1.11 bits per heavy atom. The van der Waals surface area contributed by atoms with Gasteiger partial charge in [-0.25, -0.2) is 8.78 Å². The van der Waals surface area contributed by atoms with Crippen molar-refractivity contribution < 1.29 is 8.78 Å². The average Bonchev–Trinajstić information content (AvgIpc) is 2.19. The molecule has 0 spiro atoms. The maximum Gasteiger partial charge on any atom is 0.131 e. The minimum atomic E-state index is -0.529. The molecule has 18 heavy (non-hydrogen) atoms. The number of benzene rings is 1. The lowest BCUT2D eigenvalue weighted by molar-refractivity contribution is 0.419. The highest BCUT2D eigenvalue weighted by atomic mass is 79.9. The highest BCUT2D eigenvalue weighted by molar-refractivity contribution is 9.10. The molecule has 0 aliphatic carbocycles. The molecule has 0 atom stereocenters. The summed E-state index contributed by atoms with van der Waals surface area (Å²) in [6.45, 7) is 7.81. The Labute approximate surface area is 115 Å². The Morgan fingerprint density at radius 3 is 2.17 bits per heavy atom. The molecule has 0 aliphatic rings. The summed E-state index contributed by atoms with van der Waals surface area (Å²) >= 11 is 3.05. The van der Waals surface area contributed by atoms with Gasteiger partial charge in [0.2, 0.25) is 0 Å². The van der Waals surface area contributed by atoms with Crippen LogP contribution in [0.25, 0.3) is 0 Å². The molecule has 2 nitrogen and oxygen atoms in total. The second-order valence-corrected chi connectivity index (χ2v) is 6.12. The molecule has 2 N–H and O–H groups in total. The maximum absolute atomic E-state index is 13.5. The Balaban J connectivity index is 2.41. The number of hydrogen-bond donors (Lipinski definition) is 2. The highest BCUT2D eigenvalue weighted by Crippen LogP contribution is 2.19. The minimum Gasteiger partial charge on any atom is -0.311 e. The monoisotopic (exact) mass is 320 g/mol. The zero-order valence-electron chi connectivity index (χ0n) is 10.9. The molecule has 0 bridgehead atoms. The second kappa shape index (κ2) is 6.59. The van der Waals surface area contributed by atoms with Gasteiger partial charge in [0.05, 0.1) is 0 Å². The summed E-state index contributed by atoms with van der Waals surface area (Å²) in [5.41, 5.74) is 0.129. The third-order valence-electron chi connectivity index (χ3n) is 2.36. The average molecular weight is 321 g/mol. The van der Waals surface area contributed by atoms with Crippen molar-refractivity contribution in [2.75, 3.05) is 13.1 Å². The van der Waals surface area contributed by atoms with Gasteiger partial charge in [0.1, 0.15) is 11.6 Å². The third kappa shape index (κ3) is 5.42. The molecule has 102 valence electrons. The van der Waals surface area contributed by atoms with E-state index in [4.69, 9.17) is 0 Å².